The molecule has 2 rings (SSSR count). The molecule has 1 aromatic carbocycles. The molecule has 16 heavy (non-hydrogen) atoms. The highest BCUT2D eigenvalue weighted by Crippen LogP contribution is 2.26. The van der Waals surface area contributed by atoms with Crippen LogP contribution in [0.1, 0.15) is 24.8 Å². The first kappa shape index (κ1) is 11.5. The Morgan fingerprint density at radius 1 is 1.25 bits per heavy atom. The lowest BCUT2D eigenvalue weighted by Crippen LogP contribution is -2.31. The Morgan fingerprint density at radius 2 is 1.94 bits per heavy atom. The fourth-order valence-electron chi connectivity index (χ4n) is 2.13. The third-order valence-electron chi connectivity index (χ3n) is 2.95. The molecule has 0 spiro atoms. The number of nitrogens with zero attached hydrogens (tertiary/aromatic N) is 1. The number of hydrogen-bond acceptors (Lipinski definition) is 2. The van der Waals surface area contributed by atoms with Crippen LogP contribution in [0.4, 0.5) is 5.69 Å². The van der Waals surface area contributed by atoms with Crippen LogP contribution in [0.3, 0.4) is 0 Å². The molecule has 3 N–H and O–H groups in total. The minimum Gasteiger partial charge on any atom is -0.384 e. The normalized spacial score (nSPS) is 16.2. The fourth-order valence-corrected chi connectivity index (χ4v) is 2.50. The Morgan fingerprint density at radius 3 is 2.56 bits per heavy atom. The maximum absolute atomic E-state index is 7.62. The maximum atomic E-state index is 7.62. The van der Waals surface area contributed by atoms with Crippen LogP contribution in [-0.2, 0) is 0 Å². The third kappa shape index (κ3) is 2.38. The van der Waals surface area contributed by atoms with Gasteiger partial charge in [-0.05, 0) is 37.5 Å². The van der Waals surface area contributed by atoms with Crippen LogP contribution in [0, 0.1) is 5.41 Å². The molecule has 0 saturated carbocycles. The Kier molecular flexibility index (Phi) is 3.49. The van der Waals surface area contributed by atoms with E-state index in [2.05, 4.69) is 20.8 Å². The summed E-state index contributed by atoms with van der Waals surface area (Å²) in [5.41, 5.74) is 7.55. The van der Waals surface area contributed by atoms with Crippen LogP contribution in [0.15, 0.2) is 22.7 Å². The molecule has 0 radical (unpaired) electrons. The average molecular weight is 282 g/mol. The van der Waals surface area contributed by atoms with Crippen molar-refractivity contribution in [2.75, 3.05) is 18.0 Å². The molecule has 0 atom stereocenters. The predicted octanol–water partition coefficient (Wildman–Crippen LogP) is 2.72. The van der Waals surface area contributed by atoms with Gasteiger partial charge in [-0.3, -0.25) is 5.41 Å². The molecule has 1 aliphatic heterocycles. The van der Waals surface area contributed by atoms with Gasteiger partial charge in [0, 0.05) is 28.8 Å². The van der Waals surface area contributed by atoms with Crippen molar-refractivity contribution in [3.63, 3.8) is 0 Å². The quantitative estimate of drug-likeness (QED) is 0.647. The molecule has 1 saturated heterocycles. The molecule has 1 heterocycles. The minimum atomic E-state index is 0.141. The summed E-state index contributed by atoms with van der Waals surface area (Å²) in [5, 5.41) is 7.62. The molecule has 0 unspecified atom stereocenters. The number of anilines is 1. The van der Waals surface area contributed by atoms with Crippen LogP contribution in [0.25, 0.3) is 0 Å². The molecule has 4 heteroatoms. The number of nitrogens with two attached hydrogens (primary N) is 1. The highest BCUT2D eigenvalue weighted by atomic mass is 79.9. The third-order valence-corrected chi connectivity index (χ3v) is 3.44. The Bertz CT molecular complexity index is 397. The maximum Gasteiger partial charge on any atom is 0.124 e. The van der Waals surface area contributed by atoms with Crippen molar-refractivity contribution in [1.29, 1.82) is 5.41 Å². The second-order valence-corrected chi connectivity index (χ2v) is 5.04. The van der Waals surface area contributed by atoms with Gasteiger partial charge in [0.1, 0.15) is 5.84 Å². The second-order valence-electron chi connectivity index (χ2n) is 4.12. The van der Waals surface area contributed by atoms with Gasteiger partial charge in [-0.15, -0.1) is 0 Å². The molecule has 0 aromatic heterocycles. The van der Waals surface area contributed by atoms with Crippen molar-refractivity contribution in [3.05, 3.63) is 28.2 Å². The smallest absolute Gasteiger partial charge is 0.124 e. The van der Waals surface area contributed by atoms with Crippen molar-refractivity contribution < 1.29 is 0 Å². The van der Waals surface area contributed by atoms with Crippen LogP contribution in [-0.4, -0.2) is 18.9 Å². The van der Waals surface area contributed by atoms with Gasteiger partial charge < -0.3 is 10.6 Å². The van der Waals surface area contributed by atoms with Crippen LogP contribution < -0.4 is 10.6 Å². The molecule has 0 amide bonds. The highest BCUT2D eigenvalue weighted by molar-refractivity contribution is 9.10. The molecular formula is C12H16BrN3. The molecule has 3 nitrogen and oxygen atoms in total. The van der Waals surface area contributed by atoms with Gasteiger partial charge in [0.05, 0.1) is 0 Å². The SMILES string of the molecule is N=C(N)c1cc(Br)ccc1N1CCCCC1. The Labute approximate surface area is 104 Å². The summed E-state index contributed by atoms with van der Waals surface area (Å²) in [7, 11) is 0. The van der Waals surface area contributed by atoms with E-state index in [0.29, 0.717) is 0 Å². The molecule has 0 bridgehead atoms. The van der Waals surface area contributed by atoms with E-state index in [1.807, 2.05) is 18.2 Å². The van der Waals surface area contributed by atoms with Gasteiger partial charge in [-0.1, -0.05) is 15.9 Å². The summed E-state index contributed by atoms with van der Waals surface area (Å²) in [6, 6.07) is 5.98. The second kappa shape index (κ2) is 4.87. The highest BCUT2D eigenvalue weighted by Gasteiger charge is 2.15. The van der Waals surface area contributed by atoms with Crippen molar-refractivity contribution in [2.45, 2.75) is 19.3 Å². The van der Waals surface area contributed by atoms with Crippen molar-refractivity contribution in [1.82, 2.24) is 0 Å². The number of nitrogens with one attached hydrogen (secondary N) is 1. The largest absolute Gasteiger partial charge is 0.384 e. The number of hydrogen-bond donors (Lipinski definition) is 2. The Balaban J connectivity index is 2.34. The lowest BCUT2D eigenvalue weighted by atomic mass is 10.1. The number of benzene rings is 1. The topological polar surface area (TPSA) is 53.1 Å². The Hall–Kier alpha value is -1.03. The standard InChI is InChI=1S/C12H16BrN3/c13-9-4-5-11(10(8-9)12(14)15)16-6-2-1-3-7-16/h4-5,8H,1-3,6-7H2,(H3,14,15). The number of nitrogen functional groups attached to an aromatic ring is 1. The molecule has 1 aliphatic rings. The van der Waals surface area contributed by atoms with E-state index in [-0.39, 0.29) is 5.84 Å². The summed E-state index contributed by atoms with van der Waals surface area (Å²) in [5.74, 6) is 0.141. The predicted molar refractivity (Wildman–Crippen MR) is 71.2 cm³/mol. The van der Waals surface area contributed by atoms with Crippen molar-refractivity contribution in [2.24, 2.45) is 5.73 Å². The van der Waals surface area contributed by atoms with E-state index in [4.69, 9.17) is 11.1 Å². The average Bonchev–Trinajstić information content (AvgIpc) is 2.30. The van der Waals surface area contributed by atoms with E-state index in [9.17, 15) is 0 Å². The zero-order valence-corrected chi connectivity index (χ0v) is 10.8. The van der Waals surface area contributed by atoms with Gasteiger partial charge in [-0.25, -0.2) is 0 Å². The number of piperidine rings is 1. The lowest BCUT2D eigenvalue weighted by Gasteiger charge is -2.30. The van der Waals surface area contributed by atoms with Crippen LogP contribution >= 0.6 is 15.9 Å². The number of amidine groups is 1. The molecular weight excluding hydrogens is 266 g/mol. The van der Waals surface area contributed by atoms with E-state index < -0.39 is 0 Å². The van der Waals surface area contributed by atoms with Gasteiger partial charge in [0.2, 0.25) is 0 Å². The van der Waals surface area contributed by atoms with Gasteiger partial charge in [0.25, 0.3) is 0 Å². The summed E-state index contributed by atoms with van der Waals surface area (Å²) in [4.78, 5) is 2.33. The van der Waals surface area contributed by atoms with Gasteiger partial charge >= 0.3 is 0 Å². The summed E-state index contributed by atoms with van der Waals surface area (Å²) < 4.78 is 0.971. The number of rotatable bonds is 2. The van der Waals surface area contributed by atoms with Crippen LogP contribution in [0.2, 0.25) is 0 Å². The molecule has 1 aromatic rings. The molecule has 86 valence electrons. The van der Waals surface area contributed by atoms with Crippen molar-refractivity contribution in [3.8, 4) is 0 Å². The van der Waals surface area contributed by atoms with Gasteiger partial charge in [-0.2, -0.15) is 0 Å². The minimum absolute atomic E-state index is 0.141. The molecule has 0 aliphatic carbocycles. The fraction of sp³-hybridized carbons (Fsp3) is 0.417. The summed E-state index contributed by atoms with van der Waals surface area (Å²) in [6.45, 7) is 2.14. The number of halogens is 1. The van der Waals surface area contributed by atoms with Gasteiger partial charge in [0.15, 0.2) is 0 Å². The monoisotopic (exact) mass is 281 g/mol. The summed E-state index contributed by atoms with van der Waals surface area (Å²) >= 11 is 3.42. The van der Waals surface area contributed by atoms with Crippen molar-refractivity contribution >= 4 is 27.5 Å². The van der Waals surface area contributed by atoms with E-state index >= 15 is 0 Å². The summed E-state index contributed by atoms with van der Waals surface area (Å²) in [6.07, 6.45) is 3.77. The molecule has 1 fully saturated rings. The van der Waals surface area contributed by atoms with Crippen LogP contribution in [0.5, 0.6) is 0 Å². The first-order chi connectivity index (χ1) is 7.68. The lowest BCUT2D eigenvalue weighted by molar-refractivity contribution is 0.577. The zero-order valence-electron chi connectivity index (χ0n) is 9.17. The van der Waals surface area contributed by atoms with E-state index in [0.717, 1.165) is 28.8 Å². The van der Waals surface area contributed by atoms with E-state index in [1.165, 1.54) is 19.3 Å². The zero-order chi connectivity index (χ0) is 11.5. The first-order valence-electron chi connectivity index (χ1n) is 5.57. The van der Waals surface area contributed by atoms with E-state index in [1.54, 1.807) is 0 Å². The first-order valence-corrected chi connectivity index (χ1v) is 6.36.